The molecular weight excluding hydrogens is 260 g/mol. The summed E-state index contributed by atoms with van der Waals surface area (Å²) in [4.78, 5) is 4.24. The number of rotatable bonds is 6. The zero-order valence-electron chi connectivity index (χ0n) is 10.9. The molecule has 0 aliphatic heterocycles. The Balaban J connectivity index is 1.68. The lowest BCUT2D eigenvalue weighted by Gasteiger charge is -2.08. The van der Waals surface area contributed by atoms with Crippen LogP contribution in [0.25, 0.3) is 0 Å². The van der Waals surface area contributed by atoms with Gasteiger partial charge in [0.05, 0.1) is 5.69 Å². The Morgan fingerprint density at radius 3 is 2.89 bits per heavy atom. The minimum Gasteiger partial charge on any atom is -0.492 e. The summed E-state index contributed by atoms with van der Waals surface area (Å²) in [5.74, 6) is 0.849. The fourth-order valence-electron chi connectivity index (χ4n) is 1.67. The standard InChI is InChI=1S/C15H17ClN2O/c1-12-10-14(5-6-15(12)16)19-9-8-17-11-13-4-2-3-7-18-13/h2-7,10,17H,8-9,11H2,1H3. The minimum atomic E-state index is 0.619. The average molecular weight is 277 g/mol. The number of ether oxygens (including phenoxy) is 1. The van der Waals surface area contributed by atoms with Crippen LogP contribution >= 0.6 is 11.6 Å². The van der Waals surface area contributed by atoms with E-state index in [1.165, 1.54) is 0 Å². The van der Waals surface area contributed by atoms with Gasteiger partial charge in [-0.15, -0.1) is 0 Å². The van der Waals surface area contributed by atoms with Gasteiger partial charge in [-0.1, -0.05) is 17.7 Å². The highest BCUT2D eigenvalue weighted by atomic mass is 35.5. The molecule has 1 aromatic heterocycles. The van der Waals surface area contributed by atoms with Crippen molar-refractivity contribution in [2.75, 3.05) is 13.2 Å². The van der Waals surface area contributed by atoms with E-state index in [1.807, 2.05) is 43.3 Å². The molecule has 0 amide bonds. The molecule has 1 heterocycles. The second-order valence-corrected chi connectivity index (χ2v) is 4.66. The van der Waals surface area contributed by atoms with Crippen molar-refractivity contribution in [3.63, 3.8) is 0 Å². The zero-order valence-corrected chi connectivity index (χ0v) is 11.7. The van der Waals surface area contributed by atoms with E-state index in [1.54, 1.807) is 6.20 Å². The lowest BCUT2D eigenvalue weighted by Crippen LogP contribution is -2.21. The molecular formula is C15H17ClN2O. The van der Waals surface area contributed by atoms with Gasteiger partial charge in [0.25, 0.3) is 0 Å². The summed E-state index contributed by atoms with van der Waals surface area (Å²) >= 11 is 5.96. The van der Waals surface area contributed by atoms with Crippen molar-refractivity contribution >= 4 is 11.6 Å². The third kappa shape index (κ3) is 4.54. The van der Waals surface area contributed by atoms with Crippen LogP contribution in [0.3, 0.4) is 0 Å². The van der Waals surface area contributed by atoms with Crippen LogP contribution in [0.15, 0.2) is 42.6 Å². The zero-order chi connectivity index (χ0) is 13.5. The van der Waals surface area contributed by atoms with Crippen LogP contribution in [0.4, 0.5) is 0 Å². The number of hydrogen-bond donors (Lipinski definition) is 1. The second kappa shape index (κ2) is 7.12. The van der Waals surface area contributed by atoms with Gasteiger partial charge in [-0.3, -0.25) is 4.98 Å². The van der Waals surface area contributed by atoms with Crippen LogP contribution in [-0.4, -0.2) is 18.1 Å². The maximum atomic E-state index is 5.96. The van der Waals surface area contributed by atoms with Gasteiger partial charge in [-0.2, -0.15) is 0 Å². The van der Waals surface area contributed by atoms with E-state index < -0.39 is 0 Å². The Hall–Kier alpha value is -1.58. The summed E-state index contributed by atoms with van der Waals surface area (Å²) in [6.07, 6.45) is 1.80. The van der Waals surface area contributed by atoms with E-state index in [4.69, 9.17) is 16.3 Å². The van der Waals surface area contributed by atoms with Gasteiger partial charge < -0.3 is 10.1 Å². The first-order chi connectivity index (χ1) is 9.25. The Bertz CT molecular complexity index is 517. The summed E-state index contributed by atoms with van der Waals surface area (Å²) in [5, 5.41) is 4.05. The molecule has 0 atom stereocenters. The maximum Gasteiger partial charge on any atom is 0.119 e. The molecule has 0 saturated carbocycles. The largest absolute Gasteiger partial charge is 0.492 e. The van der Waals surface area contributed by atoms with Gasteiger partial charge in [0, 0.05) is 24.3 Å². The molecule has 1 aromatic carbocycles. The number of halogens is 1. The summed E-state index contributed by atoms with van der Waals surface area (Å²) in [7, 11) is 0. The molecule has 1 N–H and O–H groups in total. The first kappa shape index (κ1) is 13.8. The Kier molecular flexibility index (Phi) is 5.19. The van der Waals surface area contributed by atoms with Crippen molar-refractivity contribution in [3.05, 3.63) is 58.9 Å². The highest BCUT2D eigenvalue weighted by Gasteiger charge is 1.98. The van der Waals surface area contributed by atoms with Crippen molar-refractivity contribution in [1.29, 1.82) is 0 Å². The molecule has 19 heavy (non-hydrogen) atoms. The number of benzene rings is 1. The number of pyridine rings is 1. The van der Waals surface area contributed by atoms with E-state index in [-0.39, 0.29) is 0 Å². The van der Waals surface area contributed by atoms with Gasteiger partial charge in [0.15, 0.2) is 0 Å². The molecule has 2 aromatic rings. The number of aromatic nitrogens is 1. The maximum absolute atomic E-state index is 5.96. The SMILES string of the molecule is Cc1cc(OCCNCc2ccccn2)ccc1Cl. The first-order valence-corrected chi connectivity index (χ1v) is 6.63. The molecule has 4 heteroatoms. The summed E-state index contributed by atoms with van der Waals surface area (Å²) in [5.41, 5.74) is 2.06. The number of nitrogens with zero attached hydrogens (tertiary/aromatic N) is 1. The lowest BCUT2D eigenvalue weighted by atomic mass is 10.2. The van der Waals surface area contributed by atoms with Gasteiger partial charge in [-0.25, -0.2) is 0 Å². The molecule has 100 valence electrons. The monoisotopic (exact) mass is 276 g/mol. The topological polar surface area (TPSA) is 34.1 Å². The van der Waals surface area contributed by atoms with Crippen LogP contribution < -0.4 is 10.1 Å². The quantitative estimate of drug-likeness (QED) is 0.823. The molecule has 0 bridgehead atoms. The predicted octanol–water partition coefficient (Wildman–Crippen LogP) is 3.21. The van der Waals surface area contributed by atoms with Gasteiger partial charge in [0.2, 0.25) is 0 Å². The van der Waals surface area contributed by atoms with E-state index in [0.717, 1.165) is 35.1 Å². The molecule has 3 nitrogen and oxygen atoms in total. The van der Waals surface area contributed by atoms with E-state index in [0.29, 0.717) is 6.61 Å². The summed E-state index contributed by atoms with van der Waals surface area (Å²) in [6.45, 7) is 4.12. The predicted molar refractivity (Wildman–Crippen MR) is 77.6 cm³/mol. The minimum absolute atomic E-state index is 0.619. The second-order valence-electron chi connectivity index (χ2n) is 4.26. The Labute approximate surface area is 118 Å². The molecule has 0 aliphatic carbocycles. The number of nitrogens with one attached hydrogen (secondary N) is 1. The fourth-order valence-corrected chi connectivity index (χ4v) is 1.78. The normalized spacial score (nSPS) is 10.4. The van der Waals surface area contributed by atoms with Gasteiger partial charge in [0.1, 0.15) is 12.4 Å². The first-order valence-electron chi connectivity index (χ1n) is 6.25. The van der Waals surface area contributed by atoms with Crippen molar-refractivity contribution in [2.24, 2.45) is 0 Å². The lowest BCUT2D eigenvalue weighted by molar-refractivity contribution is 0.313. The van der Waals surface area contributed by atoms with Crippen LogP contribution in [0.1, 0.15) is 11.3 Å². The molecule has 0 unspecified atom stereocenters. The highest BCUT2D eigenvalue weighted by Crippen LogP contribution is 2.20. The van der Waals surface area contributed by atoms with Crippen molar-refractivity contribution < 1.29 is 4.74 Å². The van der Waals surface area contributed by atoms with E-state index in [2.05, 4.69) is 10.3 Å². The Morgan fingerprint density at radius 2 is 2.16 bits per heavy atom. The van der Waals surface area contributed by atoms with Crippen LogP contribution in [0, 0.1) is 6.92 Å². The van der Waals surface area contributed by atoms with Gasteiger partial charge >= 0.3 is 0 Å². The van der Waals surface area contributed by atoms with Crippen LogP contribution in [0.5, 0.6) is 5.75 Å². The summed E-state index contributed by atoms with van der Waals surface area (Å²) < 4.78 is 5.64. The molecule has 0 aliphatic rings. The molecule has 0 radical (unpaired) electrons. The number of hydrogen-bond acceptors (Lipinski definition) is 3. The van der Waals surface area contributed by atoms with E-state index >= 15 is 0 Å². The van der Waals surface area contributed by atoms with Gasteiger partial charge in [-0.05, 0) is 42.8 Å². The third-order valence-electron chi connectivity index (χ3n) is 2.71. The molecule has 0 spiro atoms. The molecule has 0 saturated heterocycles. The van der Waals surface area contributed by atoms with Crippen molar-refractivity contribution in [1.82, 2.24) is 10.3 Å². The smallest absolute Gasteiger partial charge is 0.119 e. The average Bonchev–Trinajstić information content (AvgIpc) is 2.43. The Morgan fingerprint density at radius 1 is 1.26 bits per heavy atom. The van der Waals surface area contributed by atoms with E-state index in [9.17, 15) is 0 Å². The summed E-state index contributed by atoms with van der Waals surface area (Å²) in [6, 6.07) is 11.6. The van der Waals surface area contributed by atoms with Crippen molar-refractivity contribution in [3.8, 4) is 5.75 Å². The fraction of sp³-hybridized carbons (Fsp3) is 0.267. The number of aryl methyl sites for hydroxylation is 1. The molecule has 2 rings (SSSR count). The highest BCUT2D eigenvalue weighted by molar-refractivity contribution is 6.31. The van der Waals surface area contributed by atoms with Crippen LogP contribution in [0.2, 0.25) is 5.02 Å². The molecule has 0 fully saturated rings. The third-order valence-corrected chi connectivity index (χ3v) is 3.13. The van der Waals surface area contributed by atoms with Crippen LogP contribution in [-0.2, 0) is 6.54 Å². The van der Waals surface area contributed by atoms with Crippen molar-refractivity contribution in [2.45, 2.75) is 13.5 Å².